The molecule has 2 heteroatoms. The zero-order valence-corrected chi connectivity index (χ0v) is 8.57. The highest BCUT2D eigenvalue weighted by Crippen LogP contribution is 2.26. The Kier molecular flexibility index (Phi) is 4.60. The number of alkyl halides is 2. The van der Waals surface area contributed by atoms with Crippen molar-refractivity contribution in [3.05, 3.63) is 35.4 Å². The van der Waals surface area contributed by atoms with Crippen LogP contribution in [-0.2, 0) is 5.92 Å². The first-order valence-electron chi connectivity index (χ1n) is 4.45. The van der Waals surface area contributed by atoms with E-state index in [4.69, 9.17) is 0 Å². The fourth-order valence-electron chi connectivity index (χ4n) is 0.846. The molecule has 0 nitrogen and oxygen atoms in total. The van der Waals surface area contributed by atoms with E-state index in [1.165, 1.54) is 12.1 Å². The number of hydrogen-bond donors (Lipinski definition) is 0. The van der Waals surface area contributed by atoms with Gasteiger partial charge in [0.25, 0.3) is 5.92 Å². The zero-order valence-electron chi connectivity index (χ0n) is 8.57. The Hall–Kier alpha value is -0.920. The summed E-state index contributed by atoms with van der Waals surface area (Å²) in [4.78, 5) is 0. The topological polar surface area (TPSA) is 0 Å². The van der Waals surface area contributed by atoms with Crippen molar-refractivity contribution in [3.8, 4) is 0 Å². The molecule has 0 saturated heterocycles. The molecule has 0 radical (unpaired) electrons. The van der Waals surface area contributed by atoms with Gasteiger partial charge in [-0.3, -0.25) is 0 Å². The molecule has 1 aromatic carbocycles. The Bertz CT molecular complexity index is 231. The fourth-order valence-corrected chi connectivity index (χ4v) is 0.846. The quantitative estimate of drug-likeness (QED) is 0.618. The van der Waals surface area contributed by atoms with E-state index in [1.807, 2.05) is 20.8 Å². The van der Waals surface area contributed by atoms with Crippen LogP contribution < -0.4 is 0 Å². The van der Waals surface area contributed by atoms with Gasteiger partial charge in [0.05, 0.1) is 0 Å². The Morgan fingerprint density at radius 3 is 1.69 bits per heavy atom. The van der Waals surface area contributed by atoms with Crippen LogP contribution >= 0.6 is 0 Å². The second-order valence-electron chi connectivity index (χ2n) is 2.75. The van der Waals surface area contributed by atoms with Crippen LogP contribution in [0.4, 0.5) is 8.78 Å². The van der Waals surface area contributed by atoms with Crippen molar-refractivity contribution in [1.29, 1.82) is 0 Å². The summed E-state index contributed by atoms with van der Waals surface area (Å²) < 4.78 is 25.2. The highest BCUT2D eigenvalue weighted by molar-refractivity contribution is 5.24. The smallest absolute Gasteiger partial charge is 0.202 e. The van der Waals surface area contributed by atoms with E-state index >= 15 is 0 Å². The van der Waals surface area contributed by atoms with Crippen LogP contribution in [-0.4, -0.2) is 0 Å². The maximum absolute atomic E-state index is 12.6. The van der Waals surface area contributed by atoms with Gasteiger partial charge < -0.3 is 0 Å². The van der Waals surface area contributed by atoms with Gasteiger partial charge in [-0.15, -0.1) is 0 Å². The first kappa shape index (κ1) is 12.1. The second kappa shape index (κ2) is 4.95. The minimum Gasteiger partial charge on any atom is -0.202 e. The summed E-state index contributed by atoms with van der Waals surface area (Å²) in [6, 6.07) is 6.28. The third-order valence-corrected chi connectivity index (χ3v) is 1.56. The van der Waals surface area contributed by atoms with Gasteiger partial charge in [0.1, 0.15) is 0 Å². The number of benzene rings is 1. The summed E-state index contributed by atoms with van der Waals surface area (Å²) in [6.45, 7) is 6.77. The van der Waals surface area contributed by atoms with Crippen molar-refractivity contribution < 1.29 is 8.78 Å². The molecule has 0 N–H and O–H groups in total. The predicted molar refractivity (Wildman–Crippen MR) is 52.1 cm³/mol. The SMILES string of the molecule is CC.Cc1ccc(C(C)(F)F)cc1. The molecule has 0 saturated carbocycles. The average Bonchev–Trinajstić information content (AvgIpc) is 2.07. The summed E-state index contributed by atoms with van der Waals surface area (Å²) >= 11 is 0. The maximum Gasteiger partial charge on any atom is 0.270 e. The third kappa shape index (κ3) is 4.02. The Morgan fingerprint density at radius 2 is 1.38 bits per heavy atom. The van der Waals surface area contributed by atoms with E-state index < -0.39 is 5.92 Å². The van der Waals surface area contributed by atoms with Crippen molar-refractivity contribution in [2.45, 2.75) is 33.6 Å². The molecule has 13 heavy (non-hydrogen) atoms. The molecule has 0 fully saturated rings. The highest BCUT2D eigenvalue weighted by Gasteiger charge is 2.23. The van der Waals surface area contributed by atoms with E-state index in [9.17, 15) is 8.78 Å². The molecule has 0 aliphatic rings. The first-order chi connectivity index (χ1) is 6.00. The molecule has 74 valence electrons. The van der Waals surface area contributed by atoms with E-state index in [0.29, 0.717) is 0 Å². The van der Waals surface area contributed by atoms with Crippen molar-refractivity contribution in [1.82, 2.24) is 0 Å². The van der Waals surface area contributed by atoms with Crippen molar-refractivity contribution in [2.24, 2.45) is 0 Å². The Labute approximate surface area is 78.6 Å². The Balaban J connectivity index is 0.000000671. The van der Waals surface area contributed by atoms with Gasteiger partial charge >= 0.3 is 0 Å². The van der Waals surface area contributed by atoms with Gasteiger partial charge in [0, 0.05) is 12.5 Å². The number of aryl methyl sites for hydroxylation is 1. The van der Waals surface area contributed by atoms with Crippen LogP contribution in [0.5, 0.6) is 0 Å². The normalized spacial score (nSPS) is 10.3. The van der Waals surface area contributed by atoms with E-state index in [0.717, 1.165) is 12.5 Å². The van der Waals surface area contributed by atoms with Gasteiger partial charge in [-0.2, -0.15) is 0 Å². The van der Waals surface area contributed by atoms with E-state index in [1.54, 1.807) is 12.1 Å². The van der Waals surface area contributed by atoms with Crippen molar-refractivity contribution >= 4 is 0 Å². The van der Waals surface area contributed by atoms with Crippen molar-refractivity contribution in [2.75, 3.05) is 0 Å². The molecular formula is C11H16F2. The van der Waals surface area contributed by atoms with Gasteiger partial charge in [-0.1, -0.05) is 43.7 Å². The lowest BCUT2D eigenvalue weighted by Gasteiger charge is -2.09. The first-order valence-corrected chi connectivity index (χ1v) is 4.45. The monoisotopic (exact) mass is 186 g/mol. The summed E-state index contributed by atoms with van der Waals surface area (Å²) in [5.74, 6) is -2.71. The maximum atomic E-state index is 12.6. The molecule has 0 unspecified atom stereocenters. The van der Waals surface area contributed by atoms with Gasteiger partial charge in [0.2, 0.25) is 0 Å². The summed E-state index contributed by atoms with van der Waals surface area (Å²) in [5.41, 5.74) is 1.07. The third-order valence-electron chi connectivity index (χ3n) is 1.56. The molecule has 0 atom stereocenters. The summed E-state index contributed by atoms with van der Waals surface area (Å²) in [6.07, 6.45) is 0. The van der Waals surface area contributed by atoms with Crippen LogP contribution in [0.25, 0.3) is 0 Å². The van der Waals surface area contributed by atoms with Crippen LogP contribution in [0, 0.1) is 6.92 Å². The van der Waals surface area contributed by atoms with Crippen LogP contribution in [0.2, 0.25) is 0 Å². The standard InChI is InChI=1S/C9H10F2.C2H6/c1-7-3-5-8(6-4-7)9(2,10)11;1-2/h3-6H,1-2H3;1-2H3. The van der Waals surface area contributed by atoms with E-state index in [2.05, 4.69) is 0 Å². The van der Waals surface area contributed by atoms with Crippen LogP contribution in [0.1, 0.15) is 31.9 Å². The largest absolute Gasteiger partial charge is 0.270 e. The number of rotatable bonds is 1. The lowest BCUT2D eigenvalue weighted by Crippen LogP contribution is -2.06. The van der Waals surface area contributed by atoms with Crippen LogP contribution in [0.15, 0.2) is 24.3 Å². The fraction of sp³-hybridized carbons (Fsp3) is 0.455. The summed E-state index contributed by atoms with van der Waals surface area (Å²) in [5, 5.41) is 0. The number of halogens is 2. The van der Waals surface area contributed by atoms with Gasteiger partial charge in [0.15, 0.2) is 0 Å². The summed E-state index contributed by atoms with van der Waals surface area (Å²) in [7, 11) is 0. The van der Waals surface area contributed by atoms with Gasteiger partial charge in [-0.05, 0) is 6.92 Å². The minimum atomic E-state index is -2.71. The molecule has 1 rings (SSSR count). The van der Waals surface area contributed by atoms with Crippen molar-refractivity contribution in [3.63, 3.8) is 0 Å². The molecular weight excluding hydrogens is 170 g/mol. The molecule has 0 heterocycles. The molecule has 1 aromatic rings. The molecule has 0 aliphatic carbocycles. The van der Waals surface area contributed by atoms with Crippen LogP contribution in [0.3, 0.4) is 0 Å². The molecule has 0 aromatic heterocycles. The lowest BCUT2D eigenvalue weighted by molar-refractivity contribution is 0.0175. The highest BCUT2D eigenvalue weighted by atomic mass is 19.3. The average molecular weight is 186 g/mol. The molecule has 0 amide bonds. The second-order valence-corrected chi connectivity index (χ2v) is 2.75. The molecule has 0 spiro atoms. The molecule has 0 bridgehead atoms. The van der Waals surface area contributed by atoms with Gasteiger partial charge in [-0.25, -0.2) is 8.78 Å². The van der Waals surface area contributed by atoms with E-state index in [-0.39, 0.29) is 5.56 Å². The Morgan fingerprint density at radius 1 is 1.00 bits per heavy atom. The zero-order chi connectivity index (χ0) is 10.5. The lowest BCUT2D eigenvalue weighted by atomic mass is 10.1. The predicted octanol–water partition coefficient (Wildman–Crippen LogP) is 4.13. The minimum absolute atomic E-state index is 0.0723. The molecule has 0 aliphatic heterocycles. The number of hydrogen-bond acceptors (Lipinski definition) is 0.